The second-order valence-corrected chi connectivity index (χ2v) is 4.26. The van der Waals surface area contributed by atoms with Gasteiger partial charge in [0.25, 0.3) is 0 Å². The van der Waals surface area contributed by atoms with E-state index >= 15 is 0 Å². The topological polar surface area (TPSA) is 61.8 Å². The molecule has 1 aromatic carbocycles. The number of rotatable bonds is 6. The Balaban J connectivity index is 2.35. The molecular weight excluding hydrogens is 214 g/mol. The van der Waals surface area contributed by atoms with Crippen molar-refractivity contribution in [2.24, 2.45) is 10.9 Å². The Labute approximate surface area is 103 Å². The van der Waals surface area contributed by atoms with Gasteiger partial charge in [-0.3, -0.25) is 0 Å². The summed E-state index contributed by atoms with van der Waals surface area (Å²) in [6.07, 6.45) is 2.62. The van der Waals surface area contributed by atoms with E-state index in [1.165, 1.54) is 11.3 Å². The van der Waals surface area contributed by atoms with Gasteiger partial charge < -0.3 is 15.8 Å². The van der Waals surface area contributed by atoms with E-state index in [1.54, 1.807) is 0 Å². The first-order valence-corrected chi connectivity index (χ1v) is 5.88. The van der Waals surface area contributed by atoms with Crippen LogP contribution in [0.1, 0.15) is 24.8 Å². The molecule has 0 atom stereocenters. The van der Waals surface area contributed by atoms with Crippen LogP contribution in [0.25, 0.3) is 0 Å². The monoisotopic (exact) mass is 235 g/mol. The fraction of sp³-hybridized carbons (Fsp3) is 0.462. The largest absolute Gasteiger partial charge is 0.409 e. The molecule has 1 rings (SSSR count). The third-order valence-electron chi connectivity index (χ3n) is 2.83. The maximum Gasteiger partial charge on any atom is 0.139 e. The number of hydrogen-bond donors (Lipinski definition) is 2. The van der Waals surface area contributed by atoms with Crippen molar-refractivity contribution >= 4 is 11.5 Å². The summed E-state index contributed by atoms with van der Waals surface area (Å²) in [4.78, 5) is 2.24. The quantitative estimate of drug-likeness (QED) is 0.261. The predicted molar refractivity (Wildman–Crippen MR) is 71.7 cm³/mol. The first-order valence-electron chi connectivity index (χ1n) is 5.88. The molecular formula is C13H21N3O. The van der Waals surface area contributed by atoms with Gasteiger partial charge in [-0.25, -0.2) is 0 Å². The summed E-state index contributed by atoms with van der Waals surface area (Å²) >= 11 is 0. The van der Waals surface area contributed by atoms with Gasteiger partial charge in [0.15, 0.2) is 0 Å². The highest BCUT2D eigenvalue weighted by Gasteiger charge is 2.03. The average molecular weight is 235 g/mol. The van der Waals surface area contributed by atoms with E-state index in [1.807, 2.05) is 6.07 Å². The van der Waals surface area contributed by atoms with Gasteiger partial charge in [-0.2, -0.15) is 0 Å². The number of amidine groups is 1. The van der Waals surface area contributed by atoms with Crippen molar-refractivity contribution in [2.45, 2.75) is 26.2 Å². The maximum absolute atomic E-state index is 8.41. The minimum Gasteiger partial charge on any atom is -0.409 e. The fourth-order valence-corrected chi connectivity index (χ4v) is 1.82. The van der Waals surface area contributed by atoms with Crippen LogP contribution >= 0.6 is 0 Å². The van der Waals surface area contributed by atoms with Crippen molar-refractivity contribution in [3.63, 3.8) is 0 Å². The summed E-state index contributed by atoms with van der Waals surface area (Å²) in [6, 6.07) is 8.33. The van der Waals surface area contributed by atoms with Gasteiger partial charge in [-0.05, 0) is 31.4 Å². The Bertz CT molecular complexity index is 377. The van der Waals surface area contributed by atoms with Gasteiger partial charge in [0.2, 0.25) is 0 Å². The molecule has 0 spiro atoms. The van der Waals surface area contributed by atoms with Crippen LogP contribution in [-0.4, -0.2) is 24.6 Å². The summed E-state index contributed by atoms with van der Waals surface area (Å²) in [5, 5.41) is 11.4. The van der Waals surface area contributed by atoms with Crippen molar-refractivity contribution < 1.29 is 5.21 Å². The number of para-hydroxylation sites is 1. The number of benzene rings is 1. The van der Waals surface area contributed by atoms with Crippen LogP contribution in [0.2, 0.25) is 0 Å². The molecule has 0 aliphatic heterocycles. The summed E-state index contributed by atoms with van der Waals surface area (Å²) in [7, 11) is 2.09. The number of anilines is 1. The van der Waals surface area contributed by atoms with Gasteiger partial charge in [-0.1, -0.05) is 23.4 Å². The van der Waals surface area contributed by atoms with E-state index in [0.717, 1.165) is 19.4 Å². The molecule has 1 aromatic rings. The van der Waals surface area contributed by atoms with Gasteiger partial charge in [0.1, 0.15) is 5.84 Å². The molecule has 17 heavy (non-hydrogen) atoms. The zero-order chi connectivity index (χ0) is 12.7. The lowest BCUT2D eigenvalue weighted by Crippen LogP contribution is -2.20. The number of nitrogens with two attached hydrogens (primary N) is 1. The highest BCUT2D eigenvalue weighted by Crippen LogP contribution is 2.18. The summed E-state index contributed by atoms with van der Waals surface area (Å²) in [6.45, 7) is 3.09. The fourth-order valence-electron chi connectivity index (χ4n) is 1.82. The standard InChI is InChI=1S/C13H21N3O/c1-11-7-3-4-8-12(11)16(2)10-6-5-9-13(14)15-17/h3-4,7-8,17H,5-6,9-10H2,1-2H3,(H2,14,15). The van der Waals surface area contributed by atoms with Crippen molar-refractivity contribution in [1.29, 1.82) is 0 Å². The molecule has 0 saturated carbocycles. The van der Waals surface area contributed by atoms with Crippen molar-refractivity contribution in [2.75, 3.05) is 18.5 Å². The minimum absolute atomic E-state index is 0.309. The molecule has 4 nitrogen and oxygen atoms in total. The zero-order valence-electron chi connectivity index (χ0n) is 10.6. The highest BCUT2D eigenvalue weighted by atomic mass is 16.4. The molecule has 0 aromatic heterocycles. The van der Waals surface area contributed by atoms with Gasteiger partial charge in [0, 0.05) is 25.7 Å². The zero-order valence-corrected chi connectivity index (χ0v) is 10.6. The van der Waals surface area contributed by atoms with Crippen LogP contribution in [0.4, 0.5) is 5.69 Å². The van der Waals surface area contributed by atoms with E-state index < -0.39 is 0 Å². The Morgan fingerprint density at radius 3 is 2.71 bits per heavy atom. The van der Waals surface area contributed by atoms with Crippen molar-refractivity contribution in [3.8, 4) is 0 Å². The summed E-state index contributed by atoms with van der Waals surface area (Å²) in [5.41, 5.74) is 7.96. The number of unbranched alkanes of at least 4 members (excludes halogenated alkanes) is 1. The first-order chi connectivity index (χ1) is 8.15. The normalized spacial score (nSPS) is 11.5. The molecule has 0 bridgehead atoms. The lowest BCUT2D eigenvalue weighted by molar-refractivity contribution is 0.316. The molecule has 4 heteroatoms. The summed E-state index contributed by atoms with van der Waals surface area (Å²) < 4.78 is 0. The Hall–Kier alpha value is -1.71. The minimum atomic E-state index is 0.309. The first kappa shape index (κ1) is 13.4. The van der Waals surface area contributed by atoms with Crippen molar-refractivity contribution in [1.82, 2.24) is 0 Å². The second-order valence-electron chi connectivity index (χ2n) is 4.26. The molecule has 0 aliphatic carbocycles. The molecule has 0 heterocycles. The molecule has 0 amide bonds. The Morgan fingerprint density at radius 2 is 2.06 bits per heavy atom. The Morgan fingerprint density at radius 1 is 1.35 bits per heavy atom. The Kier molecular flexibility index (Phi) is 5.33. The van der Waals surface area contributed by atoms with Gasteiger partial charge >= 0.3 is 0 Å². The third kappa shape index (κ3) is 4.34. The molecule has 3 N–H and O–H groups in total. The van der Waals surface area contributed by atoms with E-state index in [4.69, 9.17) is 10.9 Å². The smallest absolute Gasteiger partial charge is 0.139 e. The van der Waals surface area contributed by atoms with E-state index in [0.29, 0.717) is 12.3 Å². The number of aryl methyl sites for hydroxylation is 1. The highest BCUT2D eigenvalue weighted by molar-refractivity contribution is 5.79. The number of hydrogen-bond acceptors (Lipinski definition) is 3. The number of nitrogens with zero attached hydrogens (tertiary/aromatic N) is 2. The predicted octanol–water partition coefficient (Wildman–Crippen LogP) is 2.35. The van der Waals surface area contributed by atoms with E-state index in [9.17, 15) is 0 Å². The van der Waals surface area contributed by atoms with Crippen LogP contribution in [0.3, 0.4) is 0 Å². The molecule has 94 valence electrons. The van der Waals surface area contributed by atoms with E-state index in [-0.39, 0.29) is 0 Å². The van der Waals surface area contributed by atoms with Crippen LogP contribution in [-0.2, 0) is 0 Å². The van der Waals surface area contributed by atoms with E-state index in [2.05, 4.69) is 42.2 Å². The van der Waals surface area contributed by atoms with Crippen LogP contribution in [0, 0.1) is 6.92 Å². The second kappa shape index (κ2) is 6.78. The molecule has 0 saturated heterocycles. The maximum atomic E-state index is 8.41. The van der Waals surface area contributed by atoms with Crippen LogP contribution in [0.15, 0.2) is 29.4 Å². The van der Waals surface area contributed by atoms with Gasteiger partial charge in [-0.15, -0.1) is 0 Å². The SMILES string of the molecule is Cc1ccccc1N(C)CCCCC(N)=NO. The summed E-state index contributed by atoms with van der Waals surface area (Å²) in [5.74, 6) is 0.309. The lowest BCUT2D eigenvalue weighted by atomic mass is 10.1. The molecule has 0 unspecified atom stereocenters. The van der Waals surface area contributed by atoms with Crippen molar-refractivity contribution in [3.05, 3.63) is 29.8 Å². The average Bonchev–Trinajstić information content (AvgIpc) is 2.34. The third-order valence-corrected chi connectivity index (χ3v) is 2.83. The molecule has 0 aliphatic rings. The van der Waals surface area contributed by atoms with Gasteiger partial charge in [0.05, 0.1) is 0 Å². The van der Waals surface area contributed by atoms with Crippen LogP contribution in [0.5, 0.6) is 0 Å². The molecule has 0 fully saturated rings. The van der Waals surface area contributed by atoms with Crippen LogP contribution < -0.4 is 10.6 Å². The molecule has 0 radical (unpaired) electrons. The lowest BCUT2D eigenvalue weighted by Gasteiger charge is -2.21. The number of oxime groups is 1.